The Balaban J connectivity index is 1.72. The molecule has 1 spiro atoms. The van der Waals surface area contributed by atoms with Gasteiger partial charge in [-0.05, 0) is 56.6 Å². The molecule has 1 amide bonds. The Bertz CT molecular complexity index is 714. The smallest absolute Gasteiger partial charge is 0.263 e. The van der Waals surface area contributed by atoms with E-state index in [1.54, 1.807) is 10.8 Å². The molecular weight excluding hydrogens is 344 g/mol. The van der Waals surface area contributed by atoms with Gasteiger partial charge in [0.1, 0.15) is 5.56 Å². The molecule has 2 saturated heterocycles. The monoisotopic (exact) mass is 376 g/mol. The van der Waals surface area contributed by atoms with Gasteiger partial charge in [0.05, 0.1) is 5.60 Å². The molecule has 6 nitrogen and oxygen atoms in total. The van der Waals surface area contributed by atoms with Gasteiger partial charge in [-0.15, -0.1) is 0 Å². The number of aromatic nitrogens is 1. The fourth-order valence-corrected chi connectivity index (χ4v) is 4.02. The van der Waals surface area contributed by atoms with E-state index in [0.29, 0.717) is 32.3 Å². The van der Waals surface area contributed by atoms with Gasteiger partial charge >= 0.3 is 0 Å². The zero-order valence-corrected chi connectivity index (χ0v) is 16.8. The maximum absolute atomic E-state index is 12.9. The fourth-order valence-electron chi connectivity index (χ4n) is 4.02. The molecule has 0 aromatic carbocycles. The molecule has 1 N–H and O–H groups in total. The first kappa shape index (κ1) is 20.1. The second-order valence-electron chi connectivity index (χ2n) is 8.36. The van der Waals surface area contributed by atoms with Gasteiger partial charge < -0.3 is 19.4 Å². The predicted molar refractivity (Wildman–Crippen MR) is 104 cm³/mol. The first-order valence-electron chi connectivity index (χ1n) is 10.1. The van der Waals surface area contributed by atoms with E-state index in [0.717, 1.165) is 37.7 Å². The molecule has 0 aliphatic carbocycles. The van der Waals surface area contributed by atoms with Gasteiger partial charge in [-0.25, -0.2) is 0 Å². The summed E-state index contributed by atoms with van der Waals surface area (Å²) < 4.78 is 13.2. The molecule has 1 aromatic heterocycles. The lowest BCUT2D eigenvalue weighted by molar-refractivity contribution is -0.139. The highest BCUT2D eigenvalue weighted by atomic mass is 16.5. The van der Waals surface area contributed by atoms with Gasteiger partial charge in [-0.1, -0.05) is 13.8 Å². The Labute approximate surface area is 161 Å². The first-order chi connectivity index (χ1) is 12.9. The molecular formula is C21H32N2O4. The summed E-state index contributed by atoms with van der Waals surface area (Å²) >= 11 is 0. The number of rotatable bonds is 5. The van der Waals surface area contributed by atoms with Crippen LogP contribution < -0.4 is 10.9 Å². The number of ether oxygens (including phenoxy) is 2. The van der Waals surface area contributed by atoms with Crippen molar-refractivity contribution in [2.75, 3.05) is 19.8 Å². The number of hydrogen-bond donors (Lipinski definition) is 1. The van der Waals surface area contributed by atoms with Crippen molar-refractivity contribution >= 4 is 5.91 Å². The normalized spacial score (nSPS) is 22.1. The van der Waals surface area contributed by atoms with Crippen LogP contribution in [0.3, 0.4) is 0 Å². The van der Waals surface area contributed by atoms with Crippen molar-refractivity contribution in [3.05, 3.63) is 33.7 Å². The Morgan fingerprint density at radius 2 is 2.07 bits per heavy atom. The summed E-state index contributed by atoms with van der Waals surface area (Å²) in [6, 6.07) is 1.90. The third-order valence-electron chi connectivity index (χ3n) is 5.78. The summed E-state index contributed by atoms with van der Waals surface area (Å²) in [5.74, 6) is 0.249. The van der Waals surface area contributed by atoms with Gasteiger partial charge in [0.25, 0.3) is 11.5 Å². The maximum atomic E-state index is 12.9. The predicted octanol–water partition coefficient (Wildman–Crippen LogP) is 2.66. The first-order valence-corrected chi connectivity index (χ1v) is 10.1. The van der Waals surface area contributed by atoms with Crippen molar-refractivity contribution in [1.82, 2.24) is 9.88 Å². The van der Waals surface area contributed by atoms with Crippen LogP contribution in [0, 0.1) is 12.8 Å². The lowest BCUT2D eigenvalue weighted by atomic mass is 9.84. The van der Waals surface area contributed by atoms with E-state index in [9.17, 15) is 9.59 Å². The van der Waals surface area contributed by atoms with Crippen LogP contribution in [0.25, 0.3) is 0 Å². The van der Waals surface area contributed by atoms with Crippen molar-refractivity contribution in [3.8, 4) is 0 Å². The van der Waals surface area contributed by atoms with Gasteiger partial charge in [0, 0.05) is 38.6 Å². The van der Waals surface area contributed by atoms with Crippen LogP contribution in [0.15, 0.2) is 17.1 Å². The van der Waals surface area contributed by atoms with Crippen LogP contribution >= 0.6 is 0 Å². The molecule has 0 saturated carbocycles. The van der Waals surface area contributed by atoms with Crippen molar-refractivity contribution in [1.29, 1.82) is 0 Å². The van der Waals surface area contributed by atoms with E-state index < -0.39 is 0 Å². The highest BCUT2D eigenvalue weighted by Crippen LogP contribution is 2.34. The Morgan fingerprint density at radius 3 is 2.78 bits per heavy atom. The summed E-state index contributed by atoms with van der Waals surface area (Å²) in [6.45, 7) is 8.77. The highest BCUT2D eigenvalue weighted by Gasteiger charge is 2.39. The lowest BCUT2D eigenvalue weighted by Gasteiger charge is -2.43. The molecule has 0 bridgehead atoms. The molecule has 1 atom stereocenters. The molecule has 3 rings (SSSR count). The zero-order valence-electron chi connectivity index (χ0n) is 16.8. The van der Waals surface area contributed by atoms with E-state index in [2.05, 4.69) is 19.2 Å². The van der Waals surface area contributed by atoms with Crippen molar-refractivity contribution in [3.63, 3.8) is 0 Å². The largest absolute Gasteiger partial charge is 0.381 e. The number of carbonyl (C=O) groups is 1. The van der Waals surface area contributed by atoms with Gasteiger partial charge in [0.15, 0.2) is 0 Å². The van der Waals surface area contributed by atoms with Crippen LogP contribution in [0.2, 0.25) is 0 Å². The molecule has 150 valence electrons. The molecule has 2 aliphatic rings. The molecule has 2 aliphatic heterocycles. The minimum Gasteiger partial charge on any atom is -0.381 e. The van der Waals surface area contributed by atoms with E-state index in [1.807, 2.05) is 13.0 Å². The third-order valence-corrected chi connectivity index (χ3v) is 5.78. The van der Waals surface area contributed by atoms with Crippen LogP contribution in [0.5, 0.6) is 0 Å². The average molecular weight is 376 g/mol. The molecule has 0 radical (unpaired) electrons. The summed E-state index contributed by atoms with van der Waals surface area (Å²) in [5.41, 5.74) is 0.624. The van der Waals surface area contributed by atoms with Crippen LogP contribution in [-0.2, 0) is 16.0 Å². The summed E-state index contributed by atoms with van der Waals surface area (Å²) in [7, 11) is 0. The number of carbonyl (C=O) groups excluding carboxylic acids is 1. The standard InChI is InChI=1S/C21H32N2O4/c1-15(2)4-9-23-10-5-16(3)18(20(23)25)19(24)22-17-6-11-27-21(14-17)7-12-26-13-8-21/h5,10,15,17H,4,6-9,11-14H2,1-3H3,(H,22,24). The quantitative estimate of drug-likeness (QED) is 0.858. The Hall–Kier alpha value is -1.66. The van der Waals surface area contributed by atoms with Gasteiger partial charge in [0.2, 0.25) is 0 Å². The highest BCUT2D eigenvalue weighted by molar-refractivity contribution is 5.95. The SMILES string of the molecule is Cc1ccn(CCC(C)C)c(=O)c1C(=O)NC1CCOC2(CCOCC2)C1. The topological polar surface area (TPSA) is 69.6 Å². The summed E-state index contributed by atoms with van der Waals surface area (Å²) in [4.78, 5) is 25.8. The Kier molecular flexibility index (Phi) is 6.37. The Morgan fingerprint density at radius 1 is 1.33 bits per heavy atom. The van der Waals surface area contributed by atoms with Crippen molar-refractivity contribution in [2.45, 2.75) is 71.1 Å². The second-order valence-corrected chi connectivity index (χ2v) is 8.36. The van der Waals surface area contributed by atoms with E-state index in [4.69, 9.17) is 9.47 Å². The van der Waals surface area contributed by atoms with Gasteiger partial charge in [-0.3, -0.25) is 9.59 Å². The zero-order chi connectivity index (χ0) is 19.4. The molecule has 2 fully saturated rings. The number of amides is 1. The van der Waals surface area contributed by atoms with E-state index in [1.165, 1.54) is 0 Å². The number of nitrogens with one attached hydrogen (secondary N) is 1. The second kappa shape index (κ2) is 8.57. The molecule has 6 heteroatoms. The fraction of sp³-hybridized carbons (Fsp3) is 0.714. The number of nitrogens with zero attached hydrogens (tertiary/aromatic N) is 1. The third kappa shape index (κ3) is 4.79. The van der Waals surface area contributed by atoms with E-state index >= 15 is 0 Å². The lowest BCUT2D eigenvalue weighted by Crippen LogP contribution is -2.51. The average Bonchev–Trinajstić information content (AvgIpc) is 2.61. The maximum Gasteiger partial charge on any atom is 0.263 e. The van der Waals surface area contributed by atoms with Crippen LogP contribution in [0.1, 0.15) is 61.9 Å². The van der Waals surface area contributed by atoms with Crippen molar-refractivity contribution < 1.29 is 14.3 Å². The minimum atomic E-state index is -0.259. The molecule has 1 unspecified atom stereocenters. The van der Waals surface area contributed by atoms with E-state index in [-0.39, 0.29) is 28.7 Å². The molecule has 1 aromatic rings. The van der Waals surface area contributed by atoms with Crippen molar-refractivity contribution in [2.24, 2.45) is 5.92 Å². The van der Waals surface area contributed by atoms with Gasteiger partial charge in [-0.2, -0.15) is 0 Å². The number of pyridine rings is 1. The number of aryl methyl sites for hydroxylation is 2. The number of hydrogen-bond acceptors (Lipinski definition) is 4. The minimum absolute atomic E-state index is 0.0347. The van der Waals surface area contributed by atoms with Crippen LogP contribution in [-0.4, -0.2) is 41.9 Å². The summed E-state index contributed by atoms with van der Waals surface area (Å²) in [6.07, 6.45) is 6.01. The van der Waals surface area contributed by atoms with Crippen LogP contribution in [0.4, 0.5) is 0 Å². The summed E-state index contributed by atoms with van der Waals surface area (Å²) in [5, 5.41) is 3.11. The molecule has 3 heterocycles. The molecule has 27 heavy (non-hydrogen) atoms.